The first kappa shape index (κ1) is 16.7. The predicted molar refractivity (Wildman–Crippen MR) is 81.7 cm³/mol. The second-order valence-electron chi connectivity index (χ2n) is 4.47. The standard InChI is InChI=1S/C15H22O4S/c1-12(2)19-15(16)11-20-10-4-9-18-14-7-5-13(17-3)6-8-14/h5-8,12H,4,9-11H2,1-3H3. The van der Waals surface area contributed by atoms with Crippen molar-refractivity contribution in [1.29, 1.82) is 0 Å². The summed E-state index contributed by atoms with van der Waals surface area (Å²) in [7, 11) is 1.64. The number of ether oxygens (including phenoxy) is 3. The molecule has 4 nitrogen and oxygen atoms in total. The van der Waals surface area contributed by atoms with E-state index in [1.54, 1.807) is 18.9 Å². The summed E-state index contributed by atoms with van der Waals surface area (Å²) < 4.78 is 15.7. The molecule has 0 bridgehead atoms. The van der Waals surface area contributed by atoms with Gasteiger partial charge in [0.2, 0.25) is 0 Å². The highest BCUT2D eigenvalue weighted by Gasteiger charge is 2.04. The van der Waals surface area contributed by atoms with Gasteiger partial charge < -0.3 is 14.2 Å². The third kappa shape index (κ3) is 7.28. The molecule has 112 valence electrons. The lowest BCUT2D eigenvalue weighted by atomic mass is 10.3. The van der Waals surface area contributed by atoms with Crippen molar-refractivity contribution in [3.63, 3.8) is 0 Å². The molecule has 0 aliphatic heterocycles. The van der Waals surface area contributed by atoms with E-state index >= 15 is 0 Å². The van der Waals surface area contributed by atoms with Crippen LogP contribution < -0.4 is 9.47 Å². The Labute approximate surface area is 124 Å². The lowest BCUT2D eigenvalue weighted by molar-refractivity contribution is -0.144. The van der Waals surface area contributed by atoms with Crippen molar-refractivity contribution in [3.8, 4) is 11.5 Å². The van der Waals surface area contributed by atoms with Crippen LogP contribution in [0.5, 0.6) is 11.5 Å². The van der Waals surface area contributed by atoms with Gasteiger partial charge in [0, 0.05) is 0 Å². The van der Waals surface area contributed by atoms with Gasteiger partial charge in [0.05, 0.1) is 25.6 Å². The topological polar surface area (TPSA) is 44.8 Å². The average Bonchev–Trinajstić information content (AvgIpc) is 2.42. The van der Waals surface area contributed by atoms with Gasteiger partial charge in [-0.25, -0.2) is 0 Å². The van der Waals surface area contributed by atoms with Gasteiger partial charge in [-0.3, -0.25) is 4.79 Å². The van der Waals surface area contributed by atoms with Crippen molar-refractivity contribution in [2.24, 2.45) is 0 Å². The second-order valence-corrected chi connectivity index (χ2v) is 5.57. The number of carbonyl (C=O) groups excluding carboxylic acids is 1. The largest absolute Gasteiger partial charge is 0.497 e. The molecule has 0 heterocycles. The van der Waals surface area contributed by atoms with Crippen molar-refractivity contribution in [2.75, 3.05) is 25.2 Å². The molecule has 0 spiro atoms. The maximum absolute atomic E-state index is 11.3. The lowest BCUT2D eigenvalue weighted by Gasteiger charge is -2.08. The zero-order chi connectivity index (χ0) is 14.8. The van der Waals surface area contributed by atoms with Crippen LogP contribution in [0.3, 0.4) is 0 Å². The van der Waals surface area contributed by atoms with E-state index in [-0.39, 0.29) is 12.1 Å². The fourth-order valence-corrected chi connectivity index (χ4v) is 2.18. The van der Waals surface area contributed by atoms with E-state index < -0.39 is 0 Å². The number of hydrogen-bond acceptors (Lipinski definition) is 5. The molecule has 0 aliphatic rings. The second kappa shape index (κ2) is 9.53. The number of hydrogen-bond donors (Lipinski definition) is 0. The molecular formula is C15H22O4S. The number of rotatable bonds is 9. The summed E-state index contributed by atoms with van der Waals surface area (Å²) >= 11 is 1.57. The van der Waals surface area contributed by atoms with Crippen LogP contribution in [0.15, 0.2) is 24.3 Å². The number of esters is 1. The molecule has 0 saturated carbocycles. The Kier molecular flexibility index (Phi) is 7.95. The highest BCUT2D eigenvalue weighted by molar-refractivity contribution is 7.99. The molecule has 0 radical (unpaired) electrons. The van der Waals surface area contributed by atoms with Crippen LogP contribution in [-0.4, -0.2) is 37.3 Å². The maximum Gasteiger partial charge on any atom is 0.316 e. The zero-order valence-corrected chi connectivity index (χ0v) is 13.1. The van der Waals surface area contributed by atoms with Gasteiger partial charge in [0.25, 0.3) is 0 Å². The van der Waals surface area contributed by atoms with E-state index in [9.17, 15) is 4.79 Å². The number of thioether (sulfide) groups is 1. The van der Waals surface area contributed by atoms with Crippen LogP contribution in [0.25, 0.3) is 0 Å². The fraction of sp³-hybridized carbons (Fsp3) is 0.533. The average molecular weight is 298 g/mol. The van der Waals surface area contributed by atoms with Crippen molar-refractivity contribution in [3.05, 3.63) is 24.3 Å². The molecule has 1 aromatic carbocycles. The minimum atomic E-state index is -0.152. The molecular weight excluding hydrogens is 276 g/mol. The SMILES string of the molecule is COc1ccc(OCCCSCC(=O)OC(C)C)cc1. The first-order valence-electron chi connectivity index (χ1n) is 6.66. The van der Waals surface area contributed by atoms with Crippen LogP contribution in [0, 0.1) is 0 Å². The number of carbonyl (C=O) groups is 1. The van der Waals surface area contributed by atoms with Crippen LogP contribution in [0.1, 0.15) is 20.3 Å². The molecule has 5 heteroatoms. The monoisotopic (exact) mass is 298 g/mol. The summed E-state index contributed by atoms with van der Waals surface area (Å²) in [5.41, 5.74) is 0. The van der Waals surface area contributed by atoms with Gasteiger partial charge in [-0.1, -0.05) is 0 Å². The first-order valence-corrected chi connectivity index (χ1v) is 7.81. The maximum atomic E-state index is 11.3. The van der Waals surface area contributed by atoms with Crippen LogP contribution in [0.4, 0.5) is 0 Å². The summed E-state index contributed by atoms with van der Waals surface area (Å²) in [6.45, 7) is 4.34. The fourth-order valence-electron chi connectivity index (χ4n) is 1.48. The zero-order valence-electron chi connectivity index (χ0n) is 12.3. The molecule has 1 aromatic rings. The molecule has 0 aliphatic carbocycles. The van der Waals surface area contributed by atoms with Crippen LogP contribution in [-0.2, 0) is 9.53 Å². The Balaban J connectivity index is 2.05. The van der Waals surface area contributed by atoms with Gasteiger partial charge in [-0.05, 0) is 50.3 Å². The molecule has 0 atom stereocenters. The summed E-state index contributed by atoms with van der Waals surface area (Å²) in [6, 6.07) is 7.50. The van der Waals surface area contributed by atoms with E-state index in [1.807, 2.05) is 38.1 Å². The van der Waals surface area contributed by atoms with Crippen molar-refractivity contribution in [1.82, 2.24) is 0 Å². The first-order chi connectivity index (χ1) is 9.61. The summed E-state index contributed by atoms with van der Waals surface area (Å²) in [5, 5.41) is 0. The van der Waals surface area contributed by atoms with Gasteiger partial charge in [-0.2, -0.15) is 11.8 Å². The van der Waals surface area contributed by atoms with Crippen LogP contribution >= 0.6 is 11.8 Å². The highest BCUT2D eigenvalue weighted by Crippen LogP contribution is 2.17. The Morgan fingerprint density at radius 3 is 2.45 bits per heavy atom. The molecule has 0 amide bonds. The smallest absolute Gasteiger partial charge is 0.316 e. The van der Waals surface area contributed by atoms with E-state index in [1.165, 1.54) is 0 Å². The lowest BCUT2D eigenvalue weighted by Crippen LogP contribution is -2.13. The molecule has 0 N–H and O–H groups in total. The molecule has 0 fully saturated rings. The van der Waals surface area contributed by atoms with Crippen molar-refractivity contribution < 1.29 is 19.0 Å². The molecule has 0 saturated heterocycles. The van der Waals surface area contributed by atoms with Gasteiger partial charge in [0.15, 0.2) is 0 Å². The van der Waals surface area contributed by atoms with Crippen LogP contribution in [0.2, 0.25) is 0 Å². The Morgan fingerprint density at radius 1 is 1.20 bits per heavy atom. The van der Waals surface area contributed by atoms with Crippen molar-refractivity contribution >= 4 is 17.7 Å². The molecule has 1 rings (SSSR count). The molecule has 0 aromatic heterocycles. The normalized spacial score (nSPS) is 10.4. The van der Waals surface area contributed by atoms with E-state index in [2.05, 4.69) is 0 Å². The highest BCUT2D eigenvalue weighted by atomic mass is 32.2. The number of methoxy groups -OCH3 is 1. The number of benzene rings is 1. The van der Waals surface area contributed by atoms with Gasteiger partial charge in [0.1, 0.15) is 11.5 Å². The van der Waals surface area contributed by atoms with E-state index in [0.717, 1.165) is 23.7 Å². The minimum absolute atomic E-state index is 0.0403. The Hall–Kier alpha value is -1.36. The molecule has 20 heavy (non-hydrogen) atoms. The van der Waals surface area contributed by atoms with Crippen molar-refractivity contribution in [2.45, 2.75) is 26.4 Å². The summed E-state index contributed by atoms with van der Waals surface area (Å²) in [5.74, 6) is 2.78. The van der Waals surface area contributed by atoms with E-state index in [0.29, 0.717) is 12.4 Å². The summed E-state index contributed by atoms with van der Waals surface area (Å²) in [4.78, 5) is 11.3. The predicted octanol–water partition coefficient (Wildman–Crippen LogP) is 3.15. The van der Waals surface area contributed by atoms with Gasteiger partial charge >= 0.3 is 5.97 Å². The minimum Gasteiger partial charge on any atom is -0.497 e. The Morgan fingerprint density at radius 2 is 1.85 bits per heavy atom. The van der Waals surface area contributed by atoms with E-state index in [4.69, 9.17) is 14.2 Å². The third-order valence-corrected chi connectivity index (χ3v) is 3.37. The quantitative estimate of drug-likeness (QED) is 0.517. The summed E-state index contributed by atoms with van der Waals surface area (Å²) in [6.07, 6.45) is 0.854. The van der Waals surface area contributed by atoms with Gasteiger partial charge in [-0.15, -0.1) is 0 Å². The Bertz CT molecular complexity index is 389. The third-order valence-electron chi connectivity index (χ3n) is 2.35. The molecule has 0 unspecified atom stereocenters.